The van der Waals surface area contributed by atoms with Crippen LogP contribution in [0.3, 0.4) is 0 Å². The van der Waals surface area contributed by atoms with Crippen LogP contribution in [0.1, 0.15) is 30.6 Å². The van der Waals surface area contributed by atoms with Gasteiger partial charge in [0.2, 0.25) is 10.3 Å². The first-order valence-electron chi connectivity index (χ1n) is 8.23. The predicted molar refractivity (Wildman–Crippen MR) is 94.7 cm³/mol. The number of hydrogen-bond acceptors (Lipinski definition) is 6. The molecule has 1 aromatic rings. The second-order valence-corrected chi connectivity index (χ2v) is 7.74. The van der Waals surface area contributed by atoms with Crippen molar-refractivity contribution in [2.24, 2.45) is 24.0 Å². The molecular weight excluding hydrogens is 358 g/mol. The van der Waals surface area contributed by atoms with Crippen LogP contribution in [-0.2, 0) is 22.2 Å². The zero-order valence-electron chi connectivity index (χ0n) is 14.4. The Kier molecular flexibility index (Phi) is 3.65. The van der Waals surface area contributed by atoms with E-state index in [1.54, 1.807) is 13.8 Å². The molecule has 2 heterocycles. The Hall–Kier alpha value is -2.68. The molecule has 0 radical (unpaired) electrons. The van der Waals surface area contributed by atoms with Crippen molar-refractivity contribution in [2.45, 2.75) is 26.4 Å². The van der Waals surface area contributed by atoms with E-state index in [2.05, 4.69) is 10.3 Å². The fourth-order valence-electron chi connectivity index (χ4n) is 3.62. The van der Waals surface area contributed by atoms with E-state index in [4.69, 9.17) is 4.84 Å². The first-order chi connectivity index (χ1) is 12.3. The van der Waals surface area contributed by atoms with Gasteiger partial charge in [-0.3, -0.25) is 14.3 Å². The molecule has 0 amide bonds. The van der Waals surface area contributed by atoms with Crippen molar-refractivity contribution in [3.8, 4) is 0 Å². The van der Waals surface area contributed by atoms with E-state index in [1.165, 1.54) is 24.0 Å². The molecular formula is C17H17N3O5S. The lowest BCUT2D eigenvalue weighted by Gasteiger charge is -2.24. The number of hydrogen-bond donors (Lipinski definition) is 1. The third kappa shape index (κ3) is 2.34. The fraction of sp³-hybridized carbons (Fsp3) is 0.412. The Morgan fingerprint density at radius 2 is 2.15 bits per heavy atom. The lowest BCUT2D eigenvalue weighted by Crippen LogP contribution is -2.28. The van der Waals surface area contributed by atoms with Gasteiger partial charge in [0.25, 0.3) is 5.56 Å². The highest BCUT2D eigenvalue weighted by Crippen LogP contribution is 2.45. The van der Waals surface area contributed by atoms with Crippen molar-refractivity contribution in [2.75, 3.05) is 0 Å². The summed E-state index contributed by atoms with van der Waals surface area (Å²) in [5, 5.41) is 6.77. The van der Waals surface area contributed by atoms with E-state index in [0.717, 1.165) is 6.42 Å². The van der Waals surface area contributed by atoms with Gasteiger partial charge in [0.05, 0.1) is 10.6 Å². The summed E-state index contributed by atoms with van der Waals surface area (Å²) >= 11 is 0. The van der Waals surface area contributed by atoms with Crippen LogP contribution >= 0.6 is 0 Å². The minimum Gasteiger partial charge on any atom is -0.392 e. The molecule has 1 aromatic heterocycles. The molecule has 0 saturated heterocycles. The first kappa shape index (κ1) is 16.8. The maximum absolute atomic E-state index is 13.0. The third-order valence-corrected chi connectivity index (χ3v) is 6.08. The molecule has 26 heavy (non-hydrogen) atoms. The molecule has 1 fully saturated rings. The topological polar surface area (TPSA) is 111 Å². The molecule has 1 saturated carbocycles. The quantitative estimate of drug-likeness (QED) is 0.615. The lowest BCUT2D eigenvalue weighted by atomic mass is 9.79. The number of allylic oxidation sites excluding steroid dienone is 4. The van der Waals surface area contributed by atoms with Gasteiger partial charge in [0.1, 0.15) is 11.7 Å². The number of nitrogens with one attached hydrogen (secondary N) is 1. The average Bonchev–Trinajstić information content (AvgIpc) is 3.14. The molecule has 0 bridgehead atoms. The van der Waals surface area contributed by atoms with Crippen LogP contribution in [0.4, 0.5) is 0 Å². The van der Waals surface area contributed by atoms with Crippen molar-refractivity contribution >= 4 is 26.7 Å². The Bertz CT molecular complexity index is 1120. The van der Waals surface area contributed by atoms with Gasteiger partial charge in [0, 0.05) is 30.7 Å². The number of H-pyrrole nitrogens is 1. The van der Waals surface area contributed by atoms with E-state index in [-0.39, 0.29) is 28.0 Å². The molecule has 2 aliphatic carbocycles. The summed E-state index contributed by atoms with van der Waals surface area (Å²) in [6.45, 7) is 3.53. The van der Waals surface area contributed by atoms with Crippen molar-refractivity contribution in [3.63, 3.8) is 0 Å². The van der Waals surface area contributed by atoms with Crippen molar-refractivity contribution in [1.82, 2.24) is 9.78 Å². The van der Waals surface area contributed by atoms with Gasteiger partial charge in [-0.25, -0.2) is 0 Å². The maximum Gasteiger partial charge on any atom is 0.277 e. The Labute approximate surface area is 150 Å². The van der Waals surface area contributed by atoms with Gasteiger partial charge in [-0.2, -0.15) is 8.42 Å². The number of Topliss-reactive ketones (excluding diaryl/α,β-unsaturated/α-hetero) is 1. The molecule has 136 valence electrons. The van der Waals surface area contributed by atoms with Crippen LogP contribution in [0.2, 0.25) is 0 Å². The fourth-order valence-corrected chi connectivity index (χ4v) is 4.24. The van der Waals surface area contributed by atoms with Gasteiger partial charge in [-0.1, -0.05) is 12.1 Å². The number of aromatic amines is 1. The van der Waals surface area contributed by atoms with Crippen LogP contribution in [0.5, 0.6) is 0 Å². The average molecular weight is 375 g/mol. The molecule has 1 N–H and O–H groups in total. The van der Waals surface area contributed by atoms with Crippen LogP contribution < -0.4 is 5.56 Å². The second kappa shape index (κ2) is 5.66. The minimum absolute atomic E-state index is 0.0306. The summed E-state index contributed by atoms with van der Waals surface area (Å²) in [5.41, 5.74) is 1.75. The van der Waals surface area contributed by atoms with Crippen LogP contribution in [0.15, 0.2) is 38.9 Å². The number of oxime groups is 1. The Morgan fingerprint density at radius 3 is 2.65 bits per heavy atom. The first-order valence-corrected chi connectivity index (χ1v) is 9.30. The number of nitrogens with zero attached hydrogens (tertiary/aromatic N) is 2. The number of carbonyl (C=O) groups is 1. The molecule has 0 aromatic carbocycles. The lowest BCUT2D eigenvalue weighted by molar-refractivity contribution is 0.103. The van der Waals surface area contributed by atoms with E-state index in [0.29, 0.717) is 16.9 Å². The SMILES string of the molecule is CC1=C(C2=NOC3CC23)C(C)C(=S(=O)=O)C=C1C(=O)c1c[nH]n(C)c1=O. The van der Waals surface area contributed by atoms with E-state index in [1.807, 2.05) is 0 Å². The van der Waals surface area contributed by atoms with Crippen molar-refractivity contribution in [3.05, 3.63) is 44.9 Å². The van der Waals surface area contributed by atoms with E-state index in [9.17, 15) is 18.0 Å². The molecule has 0 spiro atoms. The summed E-state index contributed by atoms with van der Waals surface area (Å²) in [5.74, 6) is -0.789. The third-order valence-electron chi connectivity index (χ3n) is 5.22. The molecule has 3 unspecified atom stereocenters. The zero-order valence-corrected chi connectivity index (χ0v) is 15.3. The van der Waals surface area contributed by atoms with Gasteiger partial charge in [-0.15, -0.1) is 0 Å². The highest BCUT2D eigenvalue weighted by atomic mass is 32.2. The number of ketones is 1. The molecule has 1 aliphatic heterocycles. The highest BCUT2D eigenvalue weighted by molar-refractivity contribution is 7.73. The van der Waals surface area contributed by atoms with Crippen LogP contribution in [0.25, 0.3) is 0 Å². The number of carbonyl (C=O) groups excluding carboxylic acids is 1. The van der Waals surface area contributed by atoms with Gasteiger partial charge >= 0.3 is 0 Å². The monoisotopic (exact) mass is 375 g/mol. The van der Waals surface area contributed by atoms with Crippen LogP contribution in [-0.4, -0.2) is 40.7 Å². The molecule has 9 heteroatoms. The summed E-state index contributed by atoms with van der Waals surface area (Å²) in [7, 11) is -0.986. The summed E-state index contributed by atoms with van der Waals surface area (Å²) in [6.07, 6.45) is 3.60. The minimum atomic E-state index is -2.49. The largest absolute Gasteiger partial charge is 0.392 e. The van der Waals surface area contributed by atoms with Gasteiger partial charge < -0.3 is 9.94 Å². The zero-order chi connectivity index (χ0) is 18.7. The molecule has 3 atom stereocenters. The summed E-state index contributed by atoms with van der Waals surface area (Å²) in [6, 6.07) is 0. The molecule has 4 rings (SSSR count). The Morgan fingerprint density at radius 1 is 1.42 bits per heavy atom. The van der Waals surface area contributed by atoms with E-state index < -0.39 is 27.6 Å². The maximum atomic E-state index is 13.0. The van der Waals surface area contributed by atoms with Gasteiger partial charge in [-0.05, 0) is 30.6 Å². The second-order valence-electron chi connectivity index (χ2n) is 6.80. The highest BCUT2D eigenvalue weighted by Gasteiger charge is 2.51. The number of rotatable bonds is 3. The smallest absolute Gasteiger partial charge is 0.277 e. The standard InChI is InChI=1S/C17H17N3O5S/c1-7-9(16(21)11-6-18-20(3)17(11)22)5-13(26(23)24)8(2)14(7)15-10-4-12(10)25-19-15/h5-6,8,10,12,18H,4H2,1-3H3. The number of fused-ring (bicyclic) bond motifs is 1. The summed E-state index contributed by atoms with van der Waals surface area (Å²) in [4.78, 5) is 30.5. The predicted octanol–water partition coefficient (Wildman–Crippen LogP) is 0.615. The van der Waals surface area contributed by atoms with E-state index >= 15 is 0 Å². The molecule has 3 aliphatic rings. The number of aryl methyl sites for hydroxylation is 1. The normalized spacial score (nSPS) is 26.9. The van der Waals surface area contributed by atoms with Crippen molar-refractivity contribution < 1.29 is 18.0 Å². The van der Waals surface area contributed by atoms with Crippen molar-refractivity contribution in [1.29, 1.82) is 0 Å². The Balaban J connectivity index is 1.89. The summed E-state index contributed by atoms with van der Waals surface area (Å²) < 4.78 is 24.7. The van der Waals surface area contributed by atoms with Gasteiger partial charge in [0.15, 0.2) is 5.78 Å². The number of aromatic nitrogens is 2. The van der Waals surface area contributed by atoms with Crippen LogP contribution in [0, 0.1) is 11.8 Å². The molecule has 8 nitrogen and oxygen atoms in total.